The number of nitriles is 1. The minimum Gasteiger partial charge on any atom is -0.348 e. The van der Waals surface area contributed by atoms with Crippen LogP contribution in [-0.2, 0) is 13.1 Å². The van der Waals surface area contributed by atoms with E-state index in [-0.39, 0.29) is 12.1 Å². The summed E-state index contributed by atoms with van der Waals surface area (Å²) in [6, 6.07) is 1.99. The van der Waals surface area contributed by atoms with Crippen LogP contribution in [0.4, 0.5) is 5.13 Å². The zero-order chi connectivity index (χ0) is 16.4. The van der Waals surface area contributed by atoms with Crippen molar-refractivity contribution in [1.29, 1.82) is 5.26 Å². The fourth-order valence-corrected chi connectivity index (χ4v) is 3.99. The van der Waals surface area contributed by atoms with Crippen LogP contribution in [-0.4, -0.2) is 27.2 Å². The number of hydrogen-bond donors (Lipinski definition) is 0. The Balaban J connectivity index is 2.21. The van der Waals surface area contributed by atoms with Gasteiger partial charge >= 0.3 is 5.69 Å². The third kappa shape index (κ3) is 2.77. The molecule has 3 rings (SSSR count). The van der Waals surface area contributed by atoms with E-state index in [9.17, 15) is 9.59 Å². The Bertz CT molecular complexity index is 867. The number of anilines is 1. The number of aromatic nitrogens is 3. The van der Waals surface area contributed by atoms with E-state index in [1.165, 1.54) is 26.9 Å². The van der Waals surface area contributed by atoms with Gasteiger partial charge in [-0.05, 0) is 25.7 Å². The van der Waals surface area contributed by atoms with Crippen molar-refractivity contribution in [3.63, 3.8) is 0 Å². The van der Waals surface area contributed by atoms with Crippen molar-refractivity contribution in [3.05, 3.63) is 20.8 Å². The monoisotopic (exact) mass is 333 g/mol. The zero-order valence-electron chi connectivity index (χ0n) is 13.1. The van der Waals surface area contributed by atoms with Gasteiger partial charge < -0.3 is 4.90 Å². The van der Waals surface area contributed by atoms with E-state index in [2.05, 4.69) is 9.88 Å². The first-order chi connectivity index (χ1) is 11.2. The molecule has 122 valence electrons. The van der Waals surface area contributed by atoms with E-state index in [4.69, 9.17) is 5.26 Å². The van der Waals surface area contributed by atoms with Gasteiger partial charge in [0, 0.05) is 19.6 Å². The predicted octanol–water partition coefficient (Wildman–Crippen LogP) is 1.54. The molecular weight excluding hydrogens is 314 g/mol. The Morgan fingerprint density at radius 2 is 1.96 bits per heavy atom. The molecule has 0 bridgehead atoms. The maximum Gasteiger partial charge on any atom is 0.333 e. The van der Waals surface area contributed by atoms with E-state index < -0.39 is 5.69 Å². The molecule has 0 unspecified atom stereocenters. The quantitative estimate of drug-likeness (QED) is 0.847. The van der Waals surface area contributed by atoms with Crippen LogP contribution in [0.25, 0.3) is 10.3 Å². The van der Waals surface area contributed by atoms with Gasteiger partial charge in [-0.1, -0.05) is 18.3 Å². The molecule has 0 atom stereocenters. The molecule has 1 aliphatic heterocycles. The van der Waals surface area contributed by atoms with Crippen LogP contribution in [0.1, 0.15) is 32.6 Å². The van der Waals surface area contributed by atoms with Crippen molar-refractivity contribution < 1.29 is 0 Å². The molecule has 0 aliphatic carbocycles. The second kappa shape index (κ2) is 6.54. The van der Waals surface area contributed by atoms with Gasteiger partial charge in [0.2, 0.25) is 0 Å². The average molecular weight is 333 g/mol. The highest BCUT2D eigenvalue weighted by molar-refractivity contribution is 7.22. The van der Waals surface area contributed by atoms with Crippen LogP contribution in [0.5, 0.6) is 0 Å². The average Bonchev–Trinajstić information content (AvgIpc) is 3.02. The van der Waals surface area contributed by atoms with Crippen molar-refractivity contribution in [2.75, 3.05) is 18.0 Å². The lowest BCUT2D eigenvalue weighted by atomic mass is 10.1. The molecule has 2 aromatic rings. The van der Waals surface area contributed by atoms with Gasteiger partial charge in [-0.3, -0.25) is 13.9 Å². The highest BCUT2D eigenvalue weighted by atomic mass is 32.1. The first-order valence-corrected chi connectivity index (χ1v) is 8.75. The Labute approximate surface area is 137 Å². The molecule has 0 saturated carbocycles. The summed E-state index contributed by atoms with van der Waals surface area (Å²) in [6.07, 6.45) is 4.12. The third-order valence-corrected chi connectivity index (χ3v) is 5.15. The van der Waals surface area contributed by atoms with Crippen LogP contribution in [0.3, 0.4) is 0 Å². The van der Waals surface area contributed by atoms with E-state index in [1.54, 1.807) is 0 Å². The van der Waals surface area contributed by atoms with E-state index in [0.717, 1.165) is 31.1 Å². The number of thiazole rings is 1. The van der Waals surface area contributed by atoms with Crippen LogP contribution in [0, 0.1) is 11.3 Å². The molecule has 8 heteroatoms. The zero-order valence-corrected chi connectivity index (χ0v) is 13.9. The van der Waals surface area contributed by atoms with Crippen molar-refractivity contribution in [2.45, 2.75) is 45.7 Å². The summed E-state index contributed by atoms with van der Waals surface area (Å²) in [5.41, 5.74) is -0.386. The van der Waals surface area contributed by atoms with Crippen LogP contribution >= 0.6 is 11.3 Å². The summed E-state index contributed by atoms with van der Waals surface area (Å²) in [6.45, 7) is 4.02. The minimum absolute atomic E-state index is 0.0947. The van der Waals surface area contributed by atoms with Gasteiger partial charge in [0.15, 0.2) is 10.8 Å². The number of nitrogens with zero attached hydrogens (tertiary/aromatic N) is 5. The molecule has 3 heterocycles. The van der Waals surface area contributed by atoms with Crippen molar-refractivity contribution >= 4 is 26.8 Å². The van der Waals surface area contributed by atoms with Gasteiger partial charge in [0.1, 0.15) is 11.2 Å². The Hall–Kier alpha value is -2.14. The highest BCUT2D eigenvalue weighted by Crippen LogP contribution is 2.28. The normalized spacial score (nSPS) is 15.0. The molecule has 0 radical (unpaired) electrons. The van der Waals surface area contributed by atoms with Crippen LogP contribution < -0.4 is 16.1 Å². The van der Waals surface area contributed by atoms with Crippen molar-refractivity contribution in [2.24, 2.45) is 0 Å². The van der Waals surface area contributed by atoms with Crippen molar-refractivity contribution in [3.8, 4) is 6.07 Å². The Morgan fingerprint density at radius 3 is 2.61 bits per heavy atom. The largest absolute Gasteiger partial charge is 0.348 e. The minimum atomic E-state index is -0.443. The summed E-state index contributed by atoms with van der Waals surface area (Å²) in [5.74, 6) is 0. The number of rotatable bonds is 4. The fraction of sp³-hybridized carbons (Fsp3) is 0.600. The molecule has 1 aliphatic rings. The third-order valence-electron chi connectivity index (χ3n) is 4.06. The summed E-state index contributed by atoms with van der Waals surface area (Å²) >= 11 is 1.33. The van der Waals surface area contributed by atoms with Gasteiger partial charge in [0.25, 0.3) is 5.56 Å². The van der Waals surface area contributed by atoms with Gasteiger partial charge in [-0.15, -0.1) is 0 Å². The van der Waals surface area contributed by atoms with Crippen LogP contribution in [0.2, 0.25) is 0 Å². The lowest BCUT2D eigenvalue weighted by Gasteiger charge is -2.25. The summed E-state index contributed by atoms with van der Waals surface area (Å²) in [7, 11) is 0. The standard InChI is InChI=1S/C15H19N5O2S/c1-2-7-20-13(21)11-12(19(10-6-16)15(20)22)17-14(23-11)18-8-4-3-5-9-18/h2-5,7-10H2,1H3. The summed E-state index contributed by atoms with van der Waals surface area (Å²) in [4.78, 5) is 31.8. The number of hydrogen-bond acceptors (Lipinski definition) is 6. The first kappa shape index (κ1) is 15.7. The molecule has 7 nitrogen and oxygen atoms in total. The number of piperidine rings is 1. The van der Waals surface area contributed by atoms with Gasteiger partial charge in [-0.2, -0.15) is 5.26 Å². The SMILES string of the molecule is CCCn1c(=O)c2sc(N3CCCCC3)nc2n(CC#N)c1=O. The maximum atomic E-state index is 12.6. The molecule has 0 amide bonds. The van der Waals surface area contributed by atoms with Crippen molar-refractivity contribution in [1.82, 2.24) is 14.1 Å². The second-order valence-corrected chi connectivity index (χ2v) is 6.66. The molecule has 23 heavy (non-hydrogen) atoms. The second-order valence-electron chi connectivity index (χ2n) is 5.68. The number of fused-ring (bicyclic) bond motifs is 1. The lowest BCUT2D eigenvalue weighted by molar-refractivity contribution is 0.575. The Kier molecular flexibility index (Phi) is 4.48. The highest BCUT2D eigenvalue weighted by Gasteiger charge is 2.21. The molecule has 1 saturated heterocycles. The summed E-state index contributed by atoms with van der Waals surface area (Å²) in [5, 5.41) is 9.79. The Morgan fingerprint density at radius 1 is 1.22 bits per heavy atom. The lowest BCUT2D eigenvalue weighted by Crippen LogP contribution is -2.39. The van der Waals surface area contributed by atoms with E-state index in [0.29, 0.717) is 23.3 Å². The molecule has 0 N–H and O–H groups in total. The van der Waals surface area contributed by atoms with Gasteiger partial charge in [-0.25, -0.2) is 9.78 Å². The topological polar surface area (TPSA) is 83.9 Å². The predicted molar refractivity (Wildman–Crippen MR) is 90.1 cm³/mol. The van der Waals surface area contributed by atoms with Crippen LogP contribution in [0.15, 0.2) is 9.59 Å². The molecule has 1 fully saturated rings. The molecule has 0 spiro atoms. The fourth-order valence-electron chi connectivity index (χ4n) is 2.92. The smallest absolute Gasteiger partial charge is 0.333 e. The maximum absolute atomic E-state index is 12.6. The first-order valence-electron chi connectivity index (χ1n) is 7.93. The summed E-state index contributed by atoms with van der Waals surface area (Å²) < 4.78 is 3.00. The van der Waals surface area contributed by atoms with E-state index >= 15 is 0 Å². The molecule has 2 aromatic heterocycles. The molecule has 0 aromatic carbocycles. The molecular formula is C15H19N5O2S. The van der Waals surface area contributed by atoms with E-state index in [1.807, 2.05) is 13.0 Å². The van der Waals surface area contributed by atoms with Gasteiger partial charge in [0.05, 0.1) is 6.07 Å².